The highest BCUT2D eigenvalue weighted by molar-refractivity contribution is 7.80. The summed E-state index contributed by atoms with van der Waals surface area (Å²) in [5.41, 5.74) is 1.52. The van der Waals surface area contributed by atoms with Crippen LogP contribution in [-0.4, -0.2) is 11.8 Å². The largest absolute Gasteiger partial charge is 0.326 e. The number of thiol groups is 1. The number of hydrogen-bond donors (Lipinski definition) is 3. The van der Waals surface area contributed by atoms with Crippen LogP contribution in [0.25, 0.3) is 0 Å². The second-order valence-corrected chi connectivity index (χ2v) is 4.86. The van der Waals surface area contributed by atoms with E-state index in [1.54, 1.807) is 24.3 Å². The smallest absolute Gasteiger partial charge is 0.255 e. The fraction of sp³-hybridized carbons (Fsp3) is 0.0667. The molecule has 0 fully saturated rings. The van der Waals surface area contributed by atoms with Crippen LogP contribution in [0.15, 0.2) is 47.4 Å². The first-order valence-electron chi connectivity index (χ1n) is 6.13. The SMILES string of the molecule is CC(=O)Nc1ccc(NC(=O)c2ccc(F)c(S)c2)cc1. The monoisotopic (exact) mass is 304 g/mol. The van der Waals surface area contributed by atoms with Gasteiger partial charge in [0.2, 0.25) is 5.91 Å². The van der Waals surface area contributed by atoms with E-state index in [0.717, 1.165) is 0 Å². The van der Waals surface area contributed by atoms with Crippen LogP contribution < -0.4 is 10.6 Å². The Morgan fingerprint density at radius 3 is 2.10 bits per heavy atom. The van der Waals surface area contributed by atoms with Crippen molar-refractivity contribution in [1.82, 2.24) is 0 Å². The van der Waals surface area contributed by atoms with Crippen LogP contribution in [0.4, 0.5) is 15.8 Å². The van der Waals surface area contributed by atoms with Gasteiger partial charge in [0, 0.05) is 28.8 Å². The lowest BCUT2D eigenvalue weighted by atomic mass is 10.2. The number of carbonyl (C=O) groups excluding carboxylic acids is 2. The summed E-state index contributed by atoms with van der Waals surface area (Å²) in [4.78, 5) is 23.0. The van der Waals surface area contributed by atoms with Crippen molar-refractivity contribution in [2.75, 3.05) is 10.6 Å². The average Bonchev–Trinajstić information content (AvgIpc) is 2.43. The van der Waals surface area contributed by atoms with Gasteiger partial charge in [0.1, 0.15) is 5.82 Å². The van der Waals surface area contributed by atoms with Gasteiger partial charge in [-0.2, -0.15) is 0 Å². The highest BCUT2D eigenvalue weighted by Gasteiger charge is 2.08. The Balaban J connectivity index is 2.08. The van der Waals surface area contributed by atoms with Crippen molar-refractivity contribution in [2.24, 2.45) is 0 Å². The highest BCUT2D eigenvalue weighted by atomic mass is 32.1. The Labute approximate surface area is 126 Å². The minimum absolute atomic E-state index is 0.114. The predicted molar refractivity (Wildman–Crippen MR) is 82.4 cm³/mol. The number of carbonyl (C=O) groups is 2. The van der Waals surface area contributed by atoms with E-state index in [0.29, 0.717) is 16.9 Å². The van der Waals surface area contributed by atoms with E-state index in [-0.39, 0.29) is 16.7 Å². The molecule has 0 saturated carbocycles. The van der Waals surface area contributed by atoms with E-state index in [2.05, 4.69) is 23.3 Å². The molecule has 21 heavy (non-hydrogen) atoms. The third-order valence-electron chi connectivity index (χ3n) is 2.67. The Kier molecular flexibility index (Phi) is 4.59. The molecule has 2 rings (SSSR count). The first-order chi connectivity index (χ1) is 9.95. The number of halogens is 1. The second-order valence-electron chi connectivity index (χ2n) is 4.38. The van der Waals surface area contributed by atoms with E-state index < -0.39 is 5.82 Å². The fourth-order valence-corrected chi connectivity index (χ4v) is 1.91. The van der Waals surface area contributed by atoms with Crippen molar-refractivity contribution in [1.29, 1.82) is 0 Å². The molecule has 108 valence electrons. The minimum Gasteiger partial charge on any atom is -0.326 e. The maximum Gasteiger partial charge on any atom is 0.255 e. The van der Waals surface area contributed by atoms with Crippen molar-refractivity contribution in [3.63, 3.8) is 0 Å². The fourth-order valence-electron chi connectivity index (χ4n) is 1.70. The summed E-state index contributed by atoms with van der Waals surface area (Å²) in [6, 6.07) is 10.6. The normalized spacial score (nSPS) is 10.0. The first kappa shape index (κ1) is 15.1. The van der Waals surface area contributed by atoms with Gasteiger partial charge >= 0.3 is 0 Å². The van der Waals surface area contributed by atoms with Gasteiger partial charge in [-0.1, -0.05) is 0 Å². The summed E-state index contributed by atoms with van der Waals surface area (Å²) in [5.74, 6) is -1.01. The van der Waals surface area contributed by atoms with Crippen molar-refractivity contribution >= 4 is 35.8 Å². The van der Waals surface area contributed by atoms with Gasteiger partial charge in [-0.05, 0) is 42.5 Å². The molecule has 0 unspecified atom stereocenters. The minimum atomic E-state index is -0.477. The summed E-state index contributed by atoms with van der Waals surface area (Å²) < 4.78 is 13.1. The third kappa shape index (κ3) is 4.06. The molecule has 0 aliphatic rings. The number of nitrogens with one attached hydrogen (secondary N) is 2. The molecule has 6 heteroatoms. The predicted octanol–water partition coefficient (Wildman–Crippen LogP) is 3.33. The van der Waals surface area contributed by atoms with Crippen molar-refractivity contribution in [3.8, 4) is 0 Å². The van der Waals surface area contributed by atoms with Crippen LogP contribution in [-0.2, 0) is 4.79 Å². The van der Waals surface area contributed by atoms with Crippen LogP contribution >= 0.6 is 12.6 Å². The van der Waals surface area contributed by atoms with Crippen LogP contribution in [0.1, 0.15) is 17.3 Å². The number of amides is 2. The summed E-state index contributed by atoms with van der Waals surface area (Å²) in [5, 5.41) is 5.30. The topological polar surface area (TPSA) is 58.2 Å². The average molecular weight is 304 g/mol. The highest BCUT2D eigenvalue weighted by Crippen LogP contribution is 2.17. The van der Waals surface area contributed by atoms with Crippen LogP contribution in [0.3, 0.4) is 0 Å². The molecular formula is C15H13FN2O2S. The maximum absolute atomic E-state index is 13.1. The molecule has 0 aromatic heterocycles. The zero-order valence-electron chi connectivity index (χ0n) is 11.2. The summed E-state index contributed by atoms with van der Waals surface area (Å²) in [6.07, 6.45) is 0. The first-order valence-corrected chi connectivity index (χ1v) is 6.58. The van der Waals surface area contributed by atoms with Crippen LogP contribution in [0.5, 0.6) is 0 Å². The zero-order valence-corrected chi connectivity index (χ0v) is 12.1. The molecule has 0 radical (unpaired) electrons. The van der Waals surface area contributed by atoms with Gasteiger partial charge in [0.05, 0.1) is 0 Å². The standard InChI is InChI=1S/C15H13FN2O2S/c1-9(19)17-11-3-5-12(6-4-11)18-15(20)10-2-7-13(16)14(21)8-10/h2-8,21H,1H3,(H,17,19)(H,18,20). The molecule has 0 aliphatic carbocycles. The zero-order chi connectivity index (χ0) is 15.4. The molecule has 2 aromatic rings. The molecule has 2 aromatic carbocycles. The van der Waals surface area contributed by atoms with Gasteiger partial charge in [0.25, 0.3) is 5.91 Å². The number of hydrogen-bond acceptors (Lipinski definition) is 3. The van der Waals surface area contributed by atoms with Gasteiger partial charge in [-0.3, -0.25) is 9.59 Å². The Morgan fingerprint density at radius 2 is 1.57 bits per heavy atom. The molecular weight excluding hydrogens is 291 g/mol. The van der Waals surface area contributed by atoms with Gasteiger partial charge in [0.15, 0.2) is 0 Å². The van der Waals surface area contributed by atoms with Gasteiger partial charge in [-0.25, -0.2) is 4.39 Å². The number of rotatable bonds is 3. The summed E-state index contributed by atoms with van der Waals surface area (Å²) in [7, 11) is 0. The van der Waals surface area contributed by atoms with Crippen molar-refractivity contribution in [3.05, 3.63) is 53.8 Å². The Hall–Kier alpha value is -2.34. The third-order valence-corrected chi connectivity index (χ3v) is 3.01. The van der Waals surface area contributed by atoms with E-state index in [1.165, 1.54) is 25.1 Å². The quantitative estimate of drug-likeness (QED) is 0.762. The van der Waals surface area contributed by atoms with E-state index in [9.17, 15) is 14.0 Å². The molecule has 0 atom stereocenters. The van der Waals surface area contributed by atoms with Crippen LogP contribution in [0.2, 0.25) is 0 Å². The van der Waals surface area contributed by atoms with Crippen LogP contribution in [0, 0.1) is 5.82 Å². The molecule has 2 N–H and O–H groups in total. The summed E-state index contributed by atoms with van der Waals surface area (Å²) in [6.45, 7) is 1.42. The lowest BCUT2D eigenvalue weighted by Gasteiger charge is -2.07. The van der Waals surface area contributed by atoms with Gasteiger partial charge in [-0.15, -0.1) is 12.6 Å². The Bertz CT molecular complexity index is 687. The summed E-state index contributed by atoms with van der Waals surface area (Å²) >= 11 is 3.94. The molecule has 0 spiro atoms. The second kappa shape index (κ2) is 6.41. The maximum atomic E-state index is 13.1. The molecule has 4 nitrogen and oxygen atoms in total. The van der Waals surface area contributed by atoms with Crippen molar-refractivity contribution < 1.29 is 14.0 Å². The molecule has 0 aliphatic heterocycles. The number of anilines is 2. The van der Waals surface area contributed by atoms with Gasteiger partial charge < -0.3 is 10.6 Å². The van der Waals surface area contributed by atoms with E-state index >= 15 is 0 Å². The Morgan fingerprint density at radius 1 is 1.00 bits per heavy atom. The number of benzene rings is 2. The molecule has 0 saturated heterocycles. The molecule has 0 heterocycles. The lowest BCUT2D eigenvalue weighted by Crippen LogP contribution is -2.12. The van der Waals surface area contributed by atoms with Crippen molar-refractivity contribution in [2.45, 2.75) is 11.8 Å². The van der Waals surface area contributed by atoms with E-state index in [1.807, 2.05) is 0 Å². The molecule has 2 amide bonds. The molecule has 0 bridgehead atoms. The van der Waals surface area contributed by atoms with E-state index in [4.69, 9.17) is 0 Å². The lowest BCUT2D eigenvalue weighted by molar-refractivity contribution is -0.114.